The molecule has 0 radical (unpaired) electrons. The maximum atomic E-state index is 13.5. The standard InChI is InChI=1S/C27H42N2O6Si/c1-25(23(30)29(24(31)28-25)21-32-16-17-36(2,3)4)19-26(20-33-18-22-8-6-5-7-9-22)10-12-27(13-11-26)34-14-15-35-27/h5-9H,10-21H2,1-4H3,(H,28,31)/t25-/m1/s1. The molecule has 3 fully saturated rings. The van der Waals surface area contributed by atoms with Crippen molar-refractivity contribution in [3.05, 3.63) is 35.9 Å². The molecule has 2 saturated heterocycles. The number of hydrogen-bond acceptors (Lipinski definition) is 6. The molecule has 36 heavy (non-hydrogen) atoms. The van der Waals surface area contributed by atoms with Crippen molar-refractivity contribution in [1.29, 1.82) is 0 Å². The lowest BCUT2D eigenvalue weighted by molar-refractivity contribution is -0.199. The molecule has 3 aliphatic rings. The maximum Gasteiger partial charge on any atom is 0.326 e. The Bertz CT molecular complexity index is 905. The summed E-state index contributed by atoms with van der Waals surface area (Å²) in [5.41, 5.74) is -0.167. The van der Waals surface area contributed by atoms with Crippen LogP contribution in [0.3, 0.4) is 0 Å². The SMILES string of the molecule is C[C@]1(CC2(COCc3ccccc3)CCC3(CC2)OCCO3)NC(=O)N(COCC[Si](C)(C)C)C1=O. The molecule has 1 saturated carbocycles. The summed E-state index contributed by atoms with van der Waals surface area (Å²) in [6, 6.07) is 10.7. The van der Waals surface area contributed by atoms with E-state index < -0.39 is 19.4 Å². The minimum atomic E-state index is -1.25. The van der Waals surface area contributed by atoms with Gasteiger partial charge in [0.15, 0.2) is 5.79 Å². The molecular weight excluding hydrogens is 476 g/mol. The first kappa shape index (κ1) is 27.3. The van der Waals surface area contributed by atoms with Crippen molar-refractivity contribution in [2.45, 2.75) is 82.6 Å². The molecule has 200 valence electrons. The third-order valence-electron chi connectivity index (χ3n) is 7.70. The van der Waals surface area contributed by atoms with Gasteiger partial charge in [-0.25, -0.2) is 9.69 Å². The summed E-state index contributed by atoms with van der Waals surface area (Å²) < 4.78 is 23.9. The first-order valence-corrected chi connectivity index (χ1v) is 16.9. The van der Waals surface area contributed by atoms with Crippen LogP contribution in [0.1, 0.15) is 44.6 Å². The van der Waals surface area contributed by atoms with Gasteiger partial charge in [-0.3, -0.25) is 4.79 Å². The molecule has 0 aromatic heterocycles. The van der Waals surface area contributed by atoms with Crippen LogP contribution in [0.25, 0.3) is 0 Å². The topological polar surface area (TPSA) is 86.3 Å². The molecule has 1 aromatic rings. The van der Waals surface area contributed by atoms with Crippen LogP contribution in [0, 0.1) is 5.41 Å². The highest BCUT2D eigenvalue weighted by atomic mass is 28.3. The maximum absolute atomic E-state index is 13.5. The molecule has 1 aliphatic carbocycles. The van der Waals surface area contributed by atoms with E-state index in [1.54, 1.807) is 0 Å². The summed E-state index contributed by atoms with van der Waals surface area (Å²) >= 11 is 0. The Balaban J connectivity index is 1.41. The number of nitrogens with one attached hydrogen (secondary N) is 1. The Morgan fingerprint density at radius 2 is 1.67 bits per heavy atom. The lowest BCUT2D eigenvalue weighted by Crippen LogP contribution is -2.52. The monoisotopic (exact) mass is 518 g/mol. The summed E-state index contributed by atoms with van der Waals surface area (Å²) in [4.78, 5) is 27.5. The van der Waals surface area contributed by atoms with Gasteiger partial charge in [-0.05, 0) is 43.2 Å². The zero-order valence-electron chi connectivity index (χ0n) is 22.3. The van der Waals surface area contributed by atoms with Gasteiger partial charge < -0.3 is 24.3 Å². The van der Waals surface area contributed by atoms with Crippen molar-refractivity contribution < 1.29 is 28.5 Å². The quantitative estimate of drug-likeness (QED) is 0.263. The zero-order valence-corrected chi connectivity index (χ0v) is 23.3. The highest BCUT2D eigenvalue weighted by Crippen LogP contribution is 2.49. The fourth-order valence-electron chi connectivity index (χ4n) is 5.55. The average Bonchev–Trinajstić information content (AvgIpc) is 3.36. The van der Waals surface area contributed by atoms with Crippen LogP contribution in [0.4, 0.5) is 4.79 Å². The van der Waals surface area contributed by atoms with Gasteiger partial charge in [-0.2, -0.15) is 0 Å². The van der Waals surface area contributed by atoms with Gasteiger partial charge in [-0.1, -0.05) is 50.0 Å². The Morgan fingerprint density at radius 1 is 1.00 bits per heavy atom. The zero-order chi connectivity index (χ0) is 25.9. The number of ether oxygens (including phenoxy) is 4. The first-order valence-electron chi connectivity index (χ1n) is 13.2. The van der Waals surface area contributed by atoms with Gasteiger partial charge in [0.1, 0.15) is 12.3 Å². The van der Waals surface area contributed by atoms with Gasteiger partial charge in [-0.15, -0.1) is 0 Å². The molecule has 1 atom stereocenters. The predicted octanol–water partition coefficient (Wildman–Crippen LogP) is 4.52. The number of imide groups is 1. The molecule has 2 heterocycles. The number of carbonyl (C=O) groups is 2. The smallest absolute Gasteiger partial charge is 0.326 e. The fraction of sp³-hybridized carbons (Fsp3) is 0.704. The van der Waals surface area contributed by atoms with E-state index in [4.69, 9.17) is 18.9 Å². The van der Waals surface area contributed by atoms with Crippen LogP contribution in [-0.2, 0) is 30.3 Å². The van der Waals surface area contributed by atoms with Gasteiger partial charge >= 0.3 is 6.03 Å². The normalized spacial score (nSPS) is 25.5. The van der Waals surface area contributed by atoms with Crippen LogP contribution >= 0.6 is 0 Å². The van der Waals surface area contributed by atoms with Gasteiger partial charge in [0.25, 0.3) is 5.91 Å². The van der Waals surface area contributed by atoms with Crippen molar-refractivity contribution >= 4 is 20.0 Å². The summed E-state index contributed by atoms with van der Waals surface area (Å²) in [5, 5.41) is 2.98. The van der Waals surface area contributed by atoms with Gasteiger partial charge in [0.2, 0.25) is 0 Å². The van der Waals surface area contributed by atoms with Crippen LogP contribution in [0.15, 0.2) is 30.3 Å². The lowest BCUT2D eigenvalue weighted by Gasteiger charge is -2.46. The first-order chi connectivity index (χ1) is 17.0. The Hall–Kier alpha value is -1.78. The molecular formula is C27H42N2O6Si. The van der Waals surface area contributed by atoms with Crippen molar-refractivity contribution in [3.63, 3.8) is 0 Å². The highest BCUT2D eigenvalue weighted by molar-refractivity contribution is 6.76. The van der Waals surface area contributed by atoms with Gasteiger partial charge in [0, 0.05) is 27.5 Å². The minimum Gasteiger partial charge on any atom is -0.376 e. The molecule has 1 aromatic carbocycles. The van der Waals surface area contributed by atoms with E-state index >= 15 is 0 Å². The van der Waals surface area contributed by atoms with Crippen molar-refractivity contribution in [2.75, 3.05) is 33.2 Å². The number of nitrogens with zero attached hydrogens (tertiary/aromatic N) is 1. The molecule has 1 spiro atoms. The predicted molar refractivity (Wildman–Crippen MR) is 139 cm³/mol. The van der Waals surface area contributed by atoms with E-state index in [2.05, 4.69) is 25.0 Å². The minimum absolute atomic E-state index is 0.00691. The van der Waals surface area contributed by atoms with E-state index in [1.165, 1.54) is 4.90 Å². The Kier molecular flexibility index (Phi) is 8.26. The number of rotatable bonds is 11. The molecule has 0 unspecified atom stereocenters. The Labute approximate surface area is 216 Å². The largest absolute Gasteiger partial charge is 0.376 e. The van der Waals surface area contributed by atoms with Crippen molar-refractivity contribution in [1.82, 2.24) is 10.2 Å². The number of amides is 3. The summed E-state index contributed by atoms with van der Waals surface area (Å²) in [7, 11) is -1.25. The molecule has 8 nitrogen and oxygen atoms in total. The second-order valence-corrected chi connectivity index (χ2v) is 17.7. The van der Waals surface area contributed by atoms with Crippen molar-refractivity contribution in [2.24, 2.45) is 5.41 Å². The molecule has 1 N–H and O–H groups in total. The average molecular weight is 519 g/mol. The number of benzene rings is 1. The van der Waals surface area contributed by atoms with E-state index in [0.717, 1.165) is 37.3 Å². The van der Waals surface area contributed by atoms with Gasteiger partial charge in [0.05, 0.1) is 26.4 Å². The third kappa shape index (κ3) is 6.55. The second-order valence-electron chi connectivity index (χ2n) is 12.1. The van der Waals surface area contributed by atoms with E-state index in [0.29, 0.717) is 39.5 Å². The summed E-state index contributed by atoms with van der Waals surface area (Å²) in [6.45, 7) is 11.5. The van der Waals surface area contributed by atoms with E-state index in [1.807, 2.05) is 37.3 Å². The summed E-state index contributed by atoms with van der Waals surface area (Å²) in [5.74, 6) is -0.736. The van der Waals surface area contributed by atoms with Crippen LogP contribution in [0.5, 0.6) is 0 Å². The lowest BCUT2D eigenvalue weighted by atomic mass is 9.66. The molecule has 2 aliphatic heterocycles. The van der Waals surface area contributed by atoms with Crippen LogP contribution in [-0.4, -0.2) is 69.4 Å². The number of carbonyl (C=O) groups excluding carboxylic acids is 2. The van der Waals surface area contributed by atoms with Crippen molar-refractivity contribution in [3.8, 4) is 0 Å². The second kappa shape index (κ2) is 10.9. The Morgan fingerprint density at radius 3 is 2.31 bits per heavy atom. The fourth-order valence-corrected chi connectivity index (χ4v) is 6.30. The van der Waals surface area contributed by atoms with E-state index in [-0.39, 0.29) is 24.1 Å². The molecule has 4 rings (SSSR count). The summed E-state index contributed by atoms with van der Waals surface area (Å²) in [6.07, 6.45) is 3.61. The van der Waals surface area contributed by atoms with Crippen LogP contribution in [0.2, 0.25) is 25.7 Å². The van der Waals surface area contributed by atoms with E-state index in [9.17, 15) is 9.59 Å². The number of urea groups is 1. The molecule has 3 amide bonds. The van der Waals surface area contributed by atoms with Crippen LogP contribution < -0.4 is 5.32 Å². The third-order valence-corrected chi connectivity index (χ3v) is 9.40. The highest BCUT2D eigenvalue weighted by Gasteiger charge is 2.55. The number of hydrogen-bond donors (Lipinski definition) is 1. The molecule has 9 heteroatoms. The molecule has 0 bridgehead atoms.